The summed E-state index contributed by atoms with van der Waals surface area (Å²) in [6.45, 7) is 1.37. The number of hydrogen-bond donors (Lipinski definition) is 1. The van der Waals surface area contributed by atoms with Crippen LogP contribution in [0.4, 0.5) is 13.2 Å². The van der Waals surface area contributed by atoms with E-state index in [1.807, 2.05) is 23.2 Å². The third kappa shape index (κ3) is 4.91. The Morgan fingerprint density at radius 3 is 2.60 bits per heavy atom. The molecule has 6 nitrogen and oxygen atoms in total. The highest BCUT2D eigenvalue weighted by Gasteiger charge is 2.47. The minimum absolute atomic E-state index is 0.109. The van der Waals surface area contributed by atoms with E-state index in [1.54, 1.807) is 0 Å². The van der Waals surface area contributed by atoms with Crippen LogP contribution in [0.5, 0.6) is 0 Å². The number of alkyl halides is 3. The van der Waals surface area contributed by atoms with Crippen molar-refractivity contribution in [2.24, 2.45) is 0 Å². The van der Waals surface area contributed by atoms with Gasteiger partial charge in [0.05, 0.1) is 12.1 Å². The normalized spacial score (nSPS) is 26.7. The predicted molar refractivity (Wildman–Crippen MR) is 124 cm³/mol. The van der Waals surface area contributed by atoms with Gasteiger partial charge in [0, 0.05) is 54.6 Å². The summed E-state index contributed by atoms with van der Waals surface area (Å²) >= 11 is 0. The molecule has 0 radical (unpaired) electrons. The number of benzene rings is 1. The van der Waals surface area contributed by atoms with Gasteiger partial charge in [-0.2, -0.15) is 13.2 Å². The van der Waals surface area contributed by atoms with Gasteiger partial charge in [-0.1, -0.05) is 12.1 Å². The van der Waals surface area contributed by atoms with Crippen molar-refractivity contribution in [1.82, 2.24) is 20.1 Å². The fourth-order valence-electron chi connectivity index (χ4n) is 6.12. The minimum Gasteiger partial charge on any atom is -0.343 e. The van der Waals surface area contributed by atoms with Gasteiger partial charge in [0.25, 0.3) is 5.91 Å². The lowest BCUT2D eigenvalue weighted by molar-refractivity contribution is -0.137. The van der Waals surface area contributed by atoms with Crippen LogP contribution in [0.25, 0.3) is 0 Å². The van der Waals surface area contributed by atoms with Crippen LogP contribution in [-0.2, 0) is 11.0 Å². The molecule has 2 aliphatic heterocycles. The Hall–Kier alpha value is -2.94. The third-order valence-electron chi connectivity index (χ3n) is 7.77. The number of halogens is 3. The van der Waals surface area contributed by atoms with Gasteiger partial charge < -0.3 is 10.2 Å². The summed E-state index contributed by atoms with van der Waals surface area (Å²) in [5, 5.41) is 2.51. The lowest BCUT2D eigenvalue weighted by atomic mass is 10.0. The third-order valence-corrected chi connectivity index (χ3v) is 7.77. The number of nitrogens with one attached hydrogen (secondary N) is 1. The van der Waals surface area contributed by atoms with E-state index in [0.717, 1.165) is 56.5 Å². The predicted octanol–water partition coefficient (Wildman–Crippen LogP) is 3.84. The van der Waals surface area contributed by atoms with Crippen molar-refractivity contribution in [2.75, 3.05) is 19.6 Å². The topological polar surface area (TPSA) is 65.5 Å². The first-order valence-electron chi connectivity index (χ1n) is 12.2. The number of hydrogen-bond acceptors (Lipinski definition) is 4. The monoisotopic (exact) mass is 486 g/mol. The number of nitrogens with zero attached hydrogens (tertiary/aromatic N) is 3. The van der Waals surface area contributed by atoms with E-state index in [1.165, 1.54) is 12.1 Å². The van der Waals surface area contributed by atoms with Crippen LogP contribution in [0.15, 0.2) is 48.7 Å². The molecule has 2 saturated heterocycles. The van der Waals surface area contributed by atoms with E-state index in [0.29, 0.717) is 24.5 Å². The number of carbonyl (C=O) groups excluding carboxylic acids is 2. The molecule has 3 unspecified atom stereocenters. The van der Waals surface area contributed by atoms with Crippen molar-refractivity contribution in [3.8, 4) is 0 Å². The molecule has 2 aromatic rings. The molecule has 1 aromatic heterocycles. The second-order valence-corrected chi connectivity index (χ2v) is 9.72. The summed E-state index contributed by atoms with van der Waals surface area (Å²) < 4.78 is 38.8. The van der Waals surface area contributed by atoms with Gasteiger partial charge in [0.15, 0.2) is 0 Å². The molecule has 3 heterocycles. The van der Waals surface area contributed by atoms with Crippen LogP contribution in [0.3, 0.4) is 0 Å². The zero-order valence-electron chi connectivity index (χ0n) is 19.4. The van der Waals surface area contributed by atoms with Gasteiger partial charge in [0.1, 0.15) is 0 Å². The fourth-order valence-corrected chi connectivity index (χ4v) is 6.12. The van der Waals surface area contributed by atoms with Crippen molar-refractivity contribution < 1.29 is 22.8 Å². The summed E-state index contributed by atoms with van der Waals surface area (Å²) in [6.07, 6.45) is 2.47. The fraction of sp³-hybridized carbons (Fsp3) is 0.500. The molecule has 1 saturated carbocycles. The lowest BCUT2D eigenvalue weighted by Crippen LogP contribution is -2.45. The van der Waals surface area contributed by atoms with Crippen LogP contribution in [-0.4, -0.2) is 64.4 Å². The number of carbonyl (C=O) groups is 2. The Morgan fingerprint density at radius 2 is 1.83 bits per heavy atom. The van der Waals surface area contributed by atoms with E-state index in [2.05, 4.69) is 21.3 Å². The van der Waals surface area contributed by atoms with Crippen molar-refractivity contribution in [3.63, 3.8) is 0 Å². The highest BCUT2D eigenvalue weighted by Crippen LogP contribution is 2.41. The molecule has 186 valence electrons. The van der Waals surface area contributed by atoms with Gasteiger partial charge in [-0.05, 0) is 62.4 Å². The van der Waals surface area contributed by atoms with E-state index in [9.17, 15) is 22.8 Å². The summed E-state index contributed by atoms with van der Waals surface area (Å²) in [6, 6.07) is 11.3. The number of pyridine rings is 1. The molecule has 3 aliphatic rings. The first kappa shape index (κ1) is 23.8. The van der Waals surface area contributed by atoms with Gasteiger partial charge in [-0.15, -0.1) is 0 Å². The molecule has 3 fully saturated rings. The molecular weight excluding hydrogens is 457 g/mol. The van der Waals surface area contributed by atoms with Crippen LogP contribution >= 0.6 is 0 Å². The Labute approximate surface area is 202 Å². The SMILES string of the molecule is O=C(NCC(=O)N1CCC2C1CCN2C1CC[C@@H](c2ccccn2)C1)c1cccc(C(F)(F)F)c1. The van der Waals surface area contributed by atoms with Crippen molar-refractivity contribution in [1.29, 1.82) is 0 Å². The minimum atomic E-state index is -4.53. The Morgan fingerprint density at radius 1 is 1.00 bits per heavy atom. The maximum atomic E-state index is 12.9. The number of rotatable bonds is 5. The lowest BCUT2D eigenvalue weighted by Gasteiger charge is -2.30. The van der Waals surface area contributed by atoms with Gasteiger partial charge in [0.2, 0.25) is 5.91 Å². The van der Waals surface area contributed by atoms with Crippen LogP contribution in [0.1, 0.15) is 59.6 Å². The molecule has 2 amide bonds. The standard InChI is InChI=1S/C26H29F3N4O2/c27-26(28,29)19-5-3-4-18(14-19)25(35)31-16-24(34)33-13-10-22-23(33)9-12-32(22)20-8-7-17(15-20)21-6-1-2-11-30-21/h1-6,11,14,17,20,22-23H,7-10,12-13,15-16H2,(H,31,35)/t17-,20?,22?,23?/m1/s1. The molecule has 5 rings (SSSR count). The number of likely N-dealkylation sites (tertiary alicyclic amines) is 2. The van der Waals surface area contributed by atoms with Gasteiger partial charge >= 0.3 is 6.18 Å². The number of amides is 2. The van der Waals surface area contributed by atoms with E-state index in [-0.39, 0.29) is 24.1 Å². The zero-order valence-corrected chi connectivity index (χ0v) is 19.4. The van der Waals surface area contributed by atoms with Crippen molar-refractivity contribution in [3.05, 3.63) is 65.5 Å². The Kier molecular flexibility index (Phi) is 6.53. The molecule has 35 heavy (non-hydrogen) atoms. The second kappa shape index (κ2) is 9.60. The molecule has 1 aliphatic carbocycles. The maximum absolute atomic E-state index is 12.9. The van der Waals surface area contributed by atoms with E-state index < -0.39 is 17.6 Å². The molecule has 4 atom stereocenters. The summed E-state index contributed by atoms with van der Waals surface area (Å²) in [5.74, 6) is -0.386. The molecule has 1 N–H and O–H groups in total. The first-order chi connectivity index (χ1) is 16.8. The molecule has 0 spiro atoms. The maximum Gasteiger partial charge on any atom is 0.416 e. The summed E-state index contributed by atoms with van der Waals surface area (Å²) in [4.78, 5) is 34.3. The molecule has 1 aromatic carbocycles. The number of fused-ring (bicyclic) bond motifs is 1. The van der Waals surface area contributed by atoms with Crippen LogP contribution < -0.4 is 5.32 Å². The van der Waals surface area contributed by atoms with Gasteiger partial charge in [-0.25, -0.2) is 0 Å². The van der Waals surface area contributed by atoms with E-state index in [4.69, 9.17) is 0 Å². The van der Waals surface area contributed by atoms with Crippen LogP contribution in [0, 0.1) is 0 Å². The zero-order chi connectivity index (χ0) is 24.6. The summed E-state index contributed by atoms with van der Waals surface area (Å²) in [5.41, 5.74) is 0.162. The van der Waals surface area contributed by atoms with Gasteiger partial charge in [-0.3, -0.25) is 19.5 Å². The summed E-state index contributed by atoms with van der Waals surface area (Å²) in [7, 11) is 0. The van der Waals surface area contributed by atoms with Crippen molar-refractivity contribution in [2.45, 2.75) is 62.3 Å². The number of aromatic nitrogens is 1. The second-order valence-electron chi connectivity index (χ2n) is 9.72. The van der Waals surface area contributed by atoms with Crippen molar-refractivity contribution >= 4 is 11.8 Å². The highest BCUT2D eigenvalue weighted by atomic mass is 19.4. The average Bonchev–Trinajstić information content (AvgIpc) is 3.59. The Balaban J connectivity index is 1.15. The quantitative estimate of drug-likeness (QED) is 0.698. The van der Waals surface area contributed by atoms with E-state index >= 15 is 0 Å². The smallest absolute Gasteiger partial charge is 0.343 e. The first-order valence-corrected chi connectivity index (χ1v) is 12.2. The molecular formula is C26H29F3N4O2. The largest absolute Gasteiger partial charge is 0.416 e. The molecule has 9 heteroatoms. The highest BCUT2D eigenvalue weighted by molar-refractivity contribution is 5.96. The molecule has 0 bridgehead atoms. The average molecular weight is 487 g/mol. The Bertz CT molecular complexity index is 1080. The van der Waals surface area contributed by atoms with Crippen LogP contribution in [0.2, 0.25) is 0 Å².